The Bertz CT molecular complexity index is 750. The third-order valence-electron chi connectivity index (χ3n) is 2.17. The number of anilines is 2. The van der Waals surface area contributed by atoms with Crippen LogP contribution in [-0.2, 0) is 10.0 Å². The van der Waals surface area contributed by atoms with Crippen molar-refractivity contribution in [3.8, 4) is 0 Å². The van der Waals surface area contributed by atoms with Crippen molar-refractivity contribution < 1.29 is 8.42 Å². The van der Waals surface area contributed by atoms with Crippen LogP contribution < -0.4 is 10.5 Å². The van der Waals surface area contributed by atoms with Gasteiger partial charge in [0.15, 0.2) is 0 Å². The van der Waals surface area contributed by atoms with Crippen molar-refractivity contribution in [2.45, 2.75) is 4.90 Å². The summed E-state index contributed by atoms with van der Waals surface area (Å²) in [4.78, 5) is 7.26. The van der Waals surface area contributed by atoms with E-state index in [1.807, 2.05) is 0 Å². The highest BCUT2D eigenvalue weighted by Gasteiger charge is 2.19. The highest BCUT2D eigenvalue weighted by Crippen LogP contribution is 2.25. The summed E-state index contributed by atoms with van der Waals surface area (Å²) in [5, 5.41) is -0.151. The van der Waals surface area contributed by atoms with E-state index >= 15 is 0 Å². The number of nitrogens with two attached hydrogens (primary N) is 1. The van der Waals surface area contributed by atoms with Gasteiger partial charge in [-0.2, -0.15) is 4.98 Å². The Hall–Kier alpha value is -1.09. The third kappa shape index (κ3) is 3.51. The number of halogens is 3. The fraction of sp³-hybridized carbons (Fsp3) is 0. The van der Waals surface area contributed by atoms with E-state index in [4.69, 9.17) is 28.9 Å². The van der Waals surface area contributed by atoms with Crippen LogP contribution in [0, 0.1) is 0 Å². The van der Waals surface area contributed by atoms with Gasteiger partial charge < -0.3 is 5.73 Å². The van der Waals surface area contributed by atoms with Crippen LogP contribution in [0.1, 0.15) is 0 Å². The average molecular weight is 398 g/mol. The quantitative estimate of drug-likeness (QED) is 0.471. The van der Waals surface area contributed by atoms with E-state index in [1.165, 1.54) is 18.2 Å². The molecular weight excluding hydrogens is 391 g/mol. The number of hydrogen-bond acceptors (Lipinski definition) is 5. The fourth-order valence-electron chi connectivity index (χ4n) is 1.38. The number of aromatic nitrogens is 2. The maximum absolute atomic E-state index is 12.2. The lowest BCUT2D eigenvalue weighted by Crippen LogP contribution is -2.16. The van der Waals surface area contributed by atoms with Crippen molar-refractivity contribution in [1.82, 2.24) is 9.97 Å². The molecule has 0 atom stereocenters. The van der Waals surface area contributed by atoms with E-state index in [0.717, 1.165) is 0 Å². The lowest BCUT2D eigenvalue weighted by atomic mass is 10.3. The standard InChI is InChI=1S/C10H7BrCl2N4O2S/c11-5-1-2-6(14)7(3-5)20(18,19)17-9-4-8(12)15-10(13)16-9/h1-4H,14H2,(H,15,16,17). The number of nitrogen functional groups attached to an aromatic ring is 1. The Kier molecular flexibility index (Phi) is 4.38. The van der Waals surface area contributed by atoms with Gasteiger partial charge in [0.25, 0.3) is 10.0 Å². The van der Waals surface area contributed by atoms with Crippen LogP contribution in [0.4, 0.5) is 11.5 Å². The molecule has 0 bridgehead atoms. The zero-order chi connectivity index (χ0) is 14.9. The van der Waals surface area contributed by atoms with Crippen LogP contribution in [0.2, 0.25) is 10.4 Å². The van der Waals surface area contributed by atoms with Crippen LogP contribution in [0.15, 0.2) is 33.6 Å². The van der Waals surface area contributed by atoms with Crippen molar-refractivity contribution in [3.63, 3.8) is 0 Å². The summed E-state index contributed by atoms with van der Waals surface area (Å²) >= 11 is 14.5. The Balaban J connectivity index is 2.43. The molecule has 0 saturated carbocycles. The molecule has 0 aliphatic heterocycles. The molecule has 1 aromatic heterocycles. The van der Waals surface area contributed by atoms with E-state index in [0.29, 0.717) is 4.47 Å². The summed E-state index contributed by atoms with van der Waals surface area (Å²) in [6.45, 7) is 0. The summed E-state index contributed by atoms with van der Waals surface area (Å²) in [5.41, 5.74) is 5.77. The smallest absolute Gasteiger partial charge is 0.265 e. The van der Waals surface area contributed by atoms with E-state index in [9.17, 15) is 8.42 Å². The molecule has 0 aliphatic carbocycles. The van der Waals surface area contributed by atoms with Crippen molar-refractivity contribution in [3.05, 3.63) is 39.2 Å². The summed E-state index contributed by atoms with van der Waals surface area (Å²) in [5.74, 6) is -0.0469. The van der Waals surface area contributed by atoms with Gasteiger partial charge in [0.2, 0.25) is 5.28 Å². The summed E-state index contributed by atoms with van der Waals surface area (Å²) in [6.07, 6.45) is 0. The number of nitrogens with one attached hydrogen (secondary N) is 1. The van der Waals surface area contributed by atoms with Gasteiger partial charge in [0, 0.05) is 10.5 Å². The van der Waals surface area contributed by atoms with Crippen molar-refractivity contribution in [2.75, 3.05) is 10.5 Å². The number of hydrogen-bond donors (Lipinski definition) is 2. The van der Waals surface area contributed by atoms with Gasteiger partial charge >= 0.3 is 0 Å². The highest BCUT2D eigenvalue weighted by molar-refractivity contribution is 9.10. The minimum atomic E-state index is -3.91. The monoisotopic (exact) mass is 396 g/mol. The SMILES string of the molecule is Nc1ccc(Br)cc1S(=O)(=O)Nc1cc(Cl)nc(Cl)n1. The molecule has 0 amide bonds. The van der Waals surface area contributed by atoms with Crippen molar-refractivity contribution >= 4 is 60.7 Å². The highest BCUT2D eigenvalue weighted by atomic mass is 79.9. The Morgan fingerprint density at radius 2 is 1.90 bits per heavy atom. The molecule has 20 heavy (non-hydrogen) atoms. The molecule has 106 valence electrons. The maximum Gasteiger partial charge on any atom is 0.265 e. The van der Waals surface area contributed by atoms with Crippen molar-refractivity contribution in [2.24, 2.45) is 0 Å². The minimum absolute atomic E-state index is 0.0184. The third-order valence-corrected chi connectivity index (χ3v) is 4.44. The molecule has 0 unspecified atom stereocenters. The van der Waals surface area contributed by atoms with Gasteiger partial charge in [0.05, 0.1) is 5.69 Å². The Morgan fingerprint density at radius 1 is 1.20 bits per heavy atom. The molecule has 0 saturated heterocycles. The molecule has 0 spiro atoms. The van der Waals surface area contributed by atoms with E-state index in [2.05, 4.69) is 30.6 Å². The molecule has 1 heterocycles. The van der Waals surface area contributed by atoms with Crippen molar-refractivity contribution in [1.29, 1.82) is 0 Å². The van der Waals surface area contributed by atoms with Gasteiger partial charge in [-0.3, -0.25) is 4.72 Å². The Morgan fingerprint density at radius 3 is 2.55 bits per heavy atom. The average Bonchev–Trinajstić information content (AvgIpc) is 2.30. The topological polar surface area (TPSA) is 98.0 Å². The molecule has 0 radical (unpaired) electrons. The number of rotatable bonds is 3. The van der Waals surface area contributed by atoms with Crippen LogP contribution in [0.25, 0.3) is 0 Å². The largest absolute Gasteiger partial charge is 0.398 e. The molecular formula is C10H7BrCl2N4O2S. The predicted molar refractivity (Wildman–Crippen MR) is 81.4 cm³/mol. The first-order valence-corrected chi connectivity index (χ1v) is 8.09. The van der Waals surface area contributed by atoms with Gasteiger partial charge in [-0.15, -0.1) is 0 Å². The molecule has 6 nitrogen and oxygen atoms in total. The predicted octanol–water partition coefficient (Wildman–Crippen LogP) is 2.93. The van der Waals surface area contributed by atoms with Gasteiger partial charge in [0.1, 0.15) is 15.9 Å². The number of nitrogens with zero attached hydrogens (tertiary/aromatic N) is 2. The number of sulfonamides is 1. The lowest BCUT2D eigenvalue weighted by Gasteiger charge is -2.10. The molecule has 2 rings (SSSR count). The van der Waals surface area contributed by atoms with E-state index < -0.39 is 10.0 Å². The van der Waals surface area contributed by atoms with Crippen LogP contribution in [0.5, 0.6) is 0 Å². The molecule has 0 fully saturated rings. The van der Waals surface area contributed by atoms with Gasteiger partial charge in [-0.1, -0.05) is 27.5 Å². The first kappa shape index (κ1) is 15.3. The van der Waals surface area contributed by atoms with Crippen LogP contribution in [-0.4, -0.2) is 18.4 Å². The summed E-state index contributed by atoms with van der Waals surface area (Å²) in [6, 6.07) is 5.71. The Labute approximate surface area is 133 Å². The van der Waals surface area contributed by atoms with Crippen LogP contribution in [0.3, 0.4) is 0 Å². The van der Waals surface area contributed by atoms with Gasteiger partial charge in [-0.25, -0.2) is 13.4 Å². The normalized spacial score (nSPS) is 11.3. The first-order valence-electron chi connectivity index (χ1n) is 5.06. The molecule has 3 N–H and O–H groups in total. The molecule has 0 aliphatic rings. The number of benzene rings is 1. The summed E-state index contributed by atoms with van der Waals surface area (Å²) < 4.78 is 27.3. The second-order valence-corrected chi connectivity index (χ2v) is 6.92. The van der Waals surface area contributed by atoms with Gasteiger partial charge in [-0.05, 0) is 29.8 Å². The molecule has 1 aromatic carbocycles. The zero-order valence-electron chi connectivity index (χ0n) is 9.64. The second kappa shape index (κ2) is 5.72. The van der Waals surface area contributed by atoms with E-state index in [1.54, 1.807) is 6.07 Å². The van der Waals surface area contributed by atoms with E-state index in [-0.39, 0.29) is 26.8 Å². The zero-order valence-corrected chi connectivity index (χ0v) is 13.6. The minimum Gasteiger partial charge on any atom is -0.398 e. The first-order chi connectivity index (χ1) is 9.28. The summed E-state index contributed by atoms with van der Waals surface area (Å²) in [7, 11) is -3.91. The maximum atomic E-state index is 12.2. The fourth-order valence-corrected chi connectivity index (χ4v) is 3.45. The lowest BCUT2D eigenvalue weighted by molar-refractivity contribution is 0.601. The second-order valence-electron chi connectivity index (χ2n) is 3.63. The molecule has 10 heteroatoms. The van der Waals surface area contributed by atoms with Crippen LogP contribution >= 0.6 is 39.1 Å². The molecule has 2 aromatic rings.